The number of carbonyl (C=O) groups is 2. The molecule has 5 heteroatoms. The summed E-state index contributed by atoms with van der Waals surface area (Å²) in [6.07, 6.45) is 0.695. The third kappa shape index (κ3) is 1.12. The van der Waals surface area contributed by atoms with E-state index in [0.29, 0.717) is 13.0 Å². The lowest BCUT2D eigenvalue weighted by Gasteiger charge is -2.21. The maximum absolute atomic E-state index is 12.0. The average Bonchev–Trinajstić information content (AvgIpc) is 2.61. The summed E-state index contributed by atoms with van der Waals surface area (Å²) in [4.78, 5) is 24.9. The molecule has 1 spiro atoms. The average molecular weight is 197 g/mol. The second-order valence-electron chi connectivity index (χ2n) is 4.21. The van der Waals surface area contributed by atoms with E-state index in [0.717, 1.165) is 6.54 Å². The highest BCUT2D eigenvalue weighted by Crippen LogP contribution is 2.25. The Kier molecular flexibility index (Phi) is 1.99. The number of hydrogen-bond acceptors (Lipinski definition) is 3. The van der Waals surface area contributed by atoms with E-state index in [1.807, 2.05) is 13.8 Å². The van der Waals surface area contributed by atoms with E-state index in [1.54, 1.807) is 0 Å². The van der Waals surface area contributed by atoms with Gasteiger partial charge in [0, 0.05) is 12.6 Å². The minimum absolute atomic E-state index is 0.0672. The van der Waals surface area contributed by atoms with Gasteiger partial charge in [-0.2, -0.15) is 0 Å². The van der Waals surface area contributed by atoms with E-state index < -0.39 is 5.54 Å². The van der Waals surface area contributed by atoms with Crippen LogP contribution in [0, 0.1) is 0 Å². The Morgan fingerprint density at radius 2 is 2.14 bits per heavy atom. The van der Waals surface area contributed by atoms with Gasteiger partial charge in [-0.3, -0.25) is 9.69 Å². The molecule has 3 amide bonds. The predicted molar refractivity (Wildman–Crippen MR) is 50.7 cm³/mol. The number of rotatable bonds is 1. The van der Waals surface area contributed by atoms with E-state index in [2.05, 4.69) is 10.6 Å². The molecular formula is C9H15N3O2. The lowest BCUT2D eigenvalue weighted by atomic mass is 9.99. The summed E-state index contributed by atoms with van der Waals surface area (Å²) in [7, 11) is 0. The number of nitrogens with one attached hydrogen (secondary N) is 2. The number of urea groups is 1. The van der Waals surface area contributed by atoms with Crippen LogP contribution >= 0.6 is 0 Å². The molecule has 0 aromatic heterocycles. The molecule has 0 unspecified atom stereocenters. The van der Waals surface area contributed by atoms with Gasteiger partial charge >= 0.3 is 6.03 Å². The quantitative estimate of drug-likeness (QED) is 0.566. The molecule has 2 heterocycles. The highest BCUT2D eigenvalue weighted by molar-refractivity contribution is 6.07. The summed E-state index contributed by atoms with van der Waals surface area (Å²) < 4.78 is 0. The molecule has 0 aliphatic carbocycles. The van der Waals surface area contributed by atoms with Crippen LogP contribution in [0.4, 0.5) is 4.79 Å². The van der Waals surface area contributed by atoms with Crippen LogP contribution in [0.3, 0.4) is 0 Å². The SMILES string of the molecule is CC(C)N1C(=O)N[C@@]2(CCNC2)C1=O. The van der Waals surface area contributed by atoms with E-state index in [1.165, 1.54) is 4.90 Å². The van der Waals surface area contributed by atoms with Crippen LogP contribution in [-0.4, -0.2) is 41.5 Å². The third-order valence-corrected chi connectivity index (χ3v) is 2.86. The lowest BCUT2D eigenvalue weighted by molar-refractivity contribution is -0.131. The van der Waals surface area contributed by atoms with E-state index >= 15 is 0 Å². The Balaban J connectivity index is 2.26. The molecule has 2 N–H and O–H groups in total. The Labute approximate surface area is 82.8 Å². The summed E-state index contributed by atoms with van der Waals surface area (Å²) in [5.41, 5.74) is -0.651. The van der Waals surface area contributed by atoms with Crippen molar-refractivity contribution in [3.63, 3.8) is 0 Å². The van der Waals surface area contributed by atoms with Gasteiger partial charge in [-0.05, 0) is 26.8 Å². The van der Waals surface area contributed by atoms with Crippen molar-refractivity contribution in [1.29, 1.82) is 0 Å². The first-order valence-electron chi connectivity index (χ1n) is 4.93. The number of nitrogens with zero attached hydrogens (tertiary/aromatic N) is 1. The van der Waals surface area contributed by atoms with Gasteiger partial charge in [0.05, 0.1) is 0 Å². The predicted octanol–water partition coefficient (Wildman–Crippen LogP) is -0.321. The molecule has 0 saturated carbocycles. The fourth-order valence-electron chi connectivity index (χ4n) is 2.09. The monoisotopic (exact) mass is 197 g/mol. The van der Waals surface area contributed by atoms with Gasteiger partial charge < -0.3 is 10.6 Å². The van der Waals surface area contributed by atoms with Gasteiger partial charge in [0.15, 0.2) is 0 Å². The van der Waals surface area contributed by atoms with Gasteiger partial charge in [-0.15, -0.1) is 0 Å². The molecule has 2 aliphatic rings. The van der Waals surface area contributed by atoms with Gasteiger partial charge in [-0.1, -0.05) is 0 Å². The Morgan fingerprint density at radius 3 is 2.57 bits per heavy atom. The maximum atomic E-state index is 12.0. The van der Waals surface area contributed by atoms with E-state index in [9.17, 15) is 9.59 Å². The van der Waals surface area contributed by atoms with Crippen LogP contribution < -0.4 is 10.6 Å². The molecule has 2 aliphatic heterocycles. The molecule has 78 valence electrons. The Bertz CT molecular complexity index is 282. The Morgan fingerprint density at radius 1 is 1.43 bits per heavy atom. The molecule has 1 atom stereocenters. The van der Waals surface area contributed by atoms with Crippen molar-refractivity contribution in [2.45, 2.75) is 31.8 Å². The normalized spacial score (nSPS) is 32.1. The molecule has 0 aromatic carbocycles. The van der Waals surface area contributed by atoms with Gasteiger partial charge in [0.1, 0.15) is 5.54 Å². The second kappa shape index (κ2) is 2.95. The summed E-state index contributed by atoms with van der Waals surface area (Å²) in [6, 6.07) is -0.323. The van der Waals surface area contributed by atoms with Crippen molar-refractivity contribution in [3.8, 4) is 0 Å². The summed E-state index contributed by atoms with van der Waals surface area (Å²) in [6.45, 7) is 5.04. The molecule has 2 rings (SSSR count). The number of imide groups is 1. The maximum Gasteiger partial charge on any atom is 0.325 e. The third-order valence-electron chi connectivity index (χ3n) is 2.86. The van der Waals surface area contributed by atoms with E-state index in [-0.39, 0.29) is 18.0 Å². The first-order valence-corrected chi connectivity index (χ1v) is 4.93. The van der Waals surface area contributed by atoms with Crippen LogP contribution in [0.15, 0.2) is 0 Å². The number of carbonyl (C=O) groups excluding carboxylic acids is 2. The fourth-order valence-corrected chi connectivity index (χ4v) is 2.09. The second-order valence-corrected chi connectivity index (χ2v) is 4.21. The fraction of sp³-hybridized carbons (Fsp3) is 0.778. The lowest BCUT2D eigenvalue weighted by Crippen LogP contribution is -2.49. The highest BCUT2D eigenvalue weighted by atomic mass is 16.2. The summed E-state index contributed by atoms with van der Waals surface area (Å²) in [5.74, 6) is -0.0810. The number of hydrogen-bond donors (Lipinski definition) is 2. The van der Waals surface area contributed by atoms with Crippen molar-refractivity contribution in [2.75, 3.05) is 13.1 Å². The highest BCUT2D eigenvalue weighted by Gasteiger charge is 2.53. The van der Waals surface area contributed by atoms with Crippen LogP contribution in [-0.2, 0) is 4.79 Å². The molecule has 14 heavy (non-hydrogen) atoms. The zero-order chi connectivity index (χ0) is 10.3. The van der Waals surface area contributed by atoms with Crippen LogP contribution in [0.25, 0.3) is 0 Å². The van der Waals surface area contributed by atoms with Gasteiger partial charge in [-0.25, -0.2) is 4.79 Å². The Hall–Kier alpha value is -1.10. The topological polar surface area (TPSA) is 61.4 Å². The van der Waals surface area contributed by atoms with Crippen LogP contribution in [0.1, 0.15) is 20.3 Å². The van der Waals surface area contributed by atoms with Crippen molar-refractivity contribution in [1.82, 2.24) is 15.5 Å². The molecule has 0 bridgehead atoms. The molecule has 5 nitrogen and oxygen atoms in total. The van der Waals surface area contributed by atoms with Gasteiger partial charge in [0.25, 0.3) is 5.91 Å². The number of amides is 3. The molecule has 2 saturated heterocycles. The van der Waals surface area contributed by atoms with Crippen molar-refractivity contribution in [2.24, 2.45) is 0 Å². The summed E-state index contributed by atoms with van der Waals surface area (Å²) >= 11 is 0. The van der Waals surface area contributed by atoms with Crippen LogP contribution in [0.2, 0.25) is 0 Å². The van der Waals surface area contributed by atoms with Crippen LogP contribution in [0.5, 0.6) is 0 Å². The smallest absolute Gasteiger partial charge is 0.322 e. The van der Waals surface area contributed by atoms with Crippen molar-refractivity contribution < 1.29 is 9.59 Å². The largest absolute Gasteiger partial charge is 0.325 e. The summed E-state index contributed by atoms with van der Waals surface area (Å²) in [5, 5.41) is 5.89. The molecule has 2 fully saturated rings. The van der Waals surface area contributed by atoms with Gasteiger partial charge in [0.2, 0.25) is 0 Å². The van der Waals surface area contributed by atoms with Crippen molar-refractivity contribution in [3.05, 3.63) is 0 Å². The zero-order valence-corrected chi connectivity index (χ0v) is 8.46. The minimum Gasteiger partial charge on any atom is -0.322 e. The van der Waals surface area contributed by atoms with E-state index in [4.69, 9.17) is 0 Å². The molecular weight excluding hydrogens is 182 g/mol. The zero-order valence-electron chi connectivity index (χ0n) is 8.46. The first-order chi connectivity index (χ1) is 6.57. The molecule has 0 radical (unpaired) electrons. The first kappa shape index (κ1) is 9.45. The minimum atomic E-state index is -0.651. The van der Waals surface area contributed by atoms with Crippen molar-refractivity contribution >= 4 is 11.9 Å². The standard InChI is InChI=1S/C9H15N3O2/c1-6(2)12-7(13)9(11-8(12)14)3-4-10-5-9/h6,10H,3-5H2,1-2H3,(H,11,14)/t9-/m1/s1. The molecule has 0 aromatic rings.